The van der Waals surface area contributed by atoms with E-state index in [0.29, 0.717) is 25.9 Å². The van der Waals surface area contributed by atoms with Crippen LogP contribution in [0.5, 0.6) is 0 Å². The van der Waals surface area contributed by atoms with Gasteiger partial charge in [0.1, 0.15) is 0 Å². The number of aryl methyl sites for hydroxylation is 1. The van der Waals surface area contributed by atoms with Gasteiger partial charge in [0.2, 0.25) is 11.8 Å². The minimum atomic E-state index is -0.217. The lowest BCUT2D eigenvalue weighted by Gasteiger charge is -2.25. The van der Waals surface area contributed by atoms with Gasteiger partial charge in [-0.05, 0) is 39.3 Å². The minimum absolute atomic E-state index is 0.0445. The first-order chi connectivity index (χ1) is 13.3. The summed E-state index contributed by atoms with van der Waals surface area (Å²) in [6.07, 6.45) is 2.08. The quantitative estimate of drug-likeness (QED) is 0.835. The van der Waals surface area contributed by atoms with E-state index < -0.39 is 0 Å². The Hall–Kier alpha value is -1.99. The summed E-state index contributed by atoms with van der Waals surface area (Å²) in [5.41, 5.74) is 0.792. The Labute approximate surface area is 170 Å². The number of para-hydroxylation sites is 1. The van der Waals surface area contributed by atoms with Gasteiger partial charge in [-0.15, -0.1) is 11.3 Å². The van der Waals surface area contributed by atoms with E-state index in [4.69, 9.17) is 0 Å². The first kappa shape index (κ1) is 20.7. The van der Waals surface area contributed by atoms with Crippen LogP contribution in [0.15, 0.2) is 24.3 Å². The average Bonchev–Trinajstić information content (AvgIpc) is 2.89. The van der Waals surface area contributed by atoms with Gasteiger partial charge in [0.25, 0.3) is 0 Å². The van der Waals surface area contributed by atoms with Crippen LogP contribution in [-0.2, 0) is 16.0 Å². The number of hydrogen-bond donors (Lipinski definition) is 1. The molecule has 0 bridgehead atoms. The second kappa shape index (κ2) is 9.01. The van der Waals surface area contributed by atoms with E-state index in [1.54, 1.807) is 11.3 Å². The van der Waals surface area contributed by atoms with Crippen molar-refractivity contribution in [1.29, 1.82) is 0 Å². The molecule has 1 N–H and O–H groups in total. The Bertz CT molecular complexity index is 794. The van der Waals surface area contributed by atoms with E-state index in [2.05, 4.69) is 21.3 Å². The van der Waals surface area contributed by atoms with Crippen molar-refractivity contribution in [2.45, 2.75) is 45.6 Å². The predicted octanol–water partition coefficient (Wildman–Crippen LogP) is 2.68. The van der Waals surface area contributed by atoms with E-state index in [1.807, 2.05) is 43.9 Å². The number of nitrogens with one attached hydrogen (secondary N) is 1. The molecule has 3 rings (SSSR count). The molecule has 7 heteroatoms. The zero-order chi connectivity index (χ0) is 20.1. The smallest absolute Gasteiger partial charge is 0.234 e. The number of hydrogen-bond acceptors (Lipinski definition) is 5. The van der Waals surface area contributed by atoms with Crippen molar-refractivity contribution in [2.24, 2.45) is 0 Å². The summed E-state index contributed by atoms with van der Waals surface area (Å²) in [4.78, 5) is 33.5. The molecule has 1 saturated heterocycles. The third kappa shape index (κ3) is 6.01. The summed E-state index contributed by atoms with van der Waals surface area (Å²) in [6.45, 7) is 9.38. The number of carbonyl (C=O) groups is 2. The highest BCUT2D eigenvalue weighted by Crippen LogP contribution is 2.22. The maximum Gasteiger partial charge on any atom is 0.234 e. The van der Waals surface area contributed by atoms with Crippen LogP contribution in [0, 0.1) is 0 Å². The van der Waals surface area contributed by atoms with Gasteiger partial charge in [0.15, 0.2) is 0 Å². The molecule has 1 fully saturated rings. The zero-order valence-corrected chi connectivity index (χ0v) is 17.8. The summed E-state index contributed by atoms with van der Waals surface area (Å²) in [5, 5.41) is 4.02. The van der Waals surface area contributed by atoms with Crippen molar-refractivity contribution in [2.75, 3.05) is 32.7 Å². The van der Waals surface area contributed by atoms with E-state index in [9.17, 15) is 9.59 Å². The highest BCUT2D eigenvalue weighted by atomic mass is 32.1. The Morgan fingerprint density at radius 3 is 2.68 bits per heavy atom. The second-order valence-electron chi connectivity index (χ2n) is 8.38. The maximum atomic E-state index is 12.7. The molecule has 152 valence electrons. The minimum Gasteiger partial charge on any atom is -0.350 e. The van der Waals surface area contributed by atoms with Crippen molar-refractivity contribution in [3.05, 3.63) is 29.3 Å². The lowest BCUT2D eigenvalue weighted by atomic mass is 10.1. The average molecular weight is 403 g/mol. The van der Waals surface area contributed by atoms with Gasteiger partial charge in [-0.25, -0.2) is 4.98 Å². The molecule has 0 spiro atoms. The van der Waals surface area contributed by atoms with Gasteiger partial charge in [-0.2, -0.15) is 0 Å². The topological polar surface area (TPSA) is 65.5 Å². The summed E-state index contributed by atoms with van der Waals surface area (Å²) in [6, 6.07) is 8.08. The molecule has 1 aliphatic heterocycles. The van der Waals surface area contributed by atoms with Crippen molar-refractivity contribution in [3.8, 4) is 0 Å². The molecule has 1 aliphatic rings. The van der Waals surface area contributed by atoms with Crippen molar-refractivity contribution in [1.82, 2.24) is 20.1 Å². The number of benzene rings is 1. The Kier molecular flexibility index (Phi) is 6.67. The van der Waals surface area contributed by atoms with Crippen LogP contribution in [0.3, 0.4) is 0 Å². The summed E-state index contributed by atoms with van der Waals surface area (Å²) in [5.74, 6) is 0.225. The Balaban J connectivity index is 1.46. The Morgan fingerprint density at radius 2 is 1.93 bits per heavy atom. The van der Waals surface area contributed by atoms with Crippen LogP contribution < -0.4 is 5.32 Å². The third-order valence-corrected chi connectivity index (χ3v) is 5.81. The van der Waals surface area contributed by atoms with E-state index >= 15 is 0 Å². The highest BCUT2D eigenvalue weighted by Gasteiger charge is 2.22. The molecule has 0 atom stereocenters. The van der Waals surface area contributed by atoms with Crippen molar-refractivity contribution in [3.63, 3.8) is 0 Å². The van der Waals surface area contributed by atoms with Gasteiger partial charge in [-0.3, -0.25) is 14.5 Å². The van der Waals surface area contributed by atoms with Crippen molar-refractivity contribution >= 4 is 33.4 Å². The molecule has 0 aliphatic carbocycles. The summed E-state index contributed by atoms with van der Waals surface area (Å²) < 4.78 is 1.17. The SMILES string of the molecule is CC(C)(C)NC(=O)CN1CCCN(C(=O)CCc2nc3ccccc3s2)CC1. The van der Waals surface area contributed by atoms with Crippen LogP contribution in [0.2, 0.25) is 0 Å². The second-order valence-corrected chi connectivity index (χ2v) is 9.50. The molecule has 2 heterocycles. The molecule has 0 unspecified atom stereocenters. The zero-order valence-electron chi connectivity index (χ0n) is 17.0. The van der Waals surface area contributed by atoms with Gasteiger partial charge < -0.3 is 10.2 Å². The number of carbonyl (C=O) groups excluding carboxylic acids is 2. The predicted molar refractivity (Wildman–Crippen MR) is 113 cm³/mol. The molecule has 0 radical (unpaired) electrons. The Morgan fingerprint density at radius 1 is 1.14 bits per heavy atom. The lowest BCUT2D eigenvalue weighted by molar-refractivity contribution is -0.131. The number of aromatic nitrogens is 1. The largest absolute Gasteiger partial charge is 0.350 e. The maximum absolute atomic E-state index is 12.7. The van der Waals surface area contributed by atoms with Gasteiger partial charge >= 0.3 is 0 Å². The summed E-state index contributed by atoms with van der Waals surface area (Å²) >= 11 is 1.67. The first-order valence-corrected chi connectivity index (χ1v) is 10.8. The monoisotopic (exact) mass is 402 g/mol. The lowest BCUT2D eigenvalue weighted by Crippen LogP contribution is -2.46. The molecule has 2 amide bonds. The van der Waals surface area contributed by atoms with E-state index in [-0.39, 0.29) is 17.4 Å². The molecule has 0 saturated carbocycles. The fraction of sp³-hybridized carbons (Fsp3) is 0.571. The van der Waals surface area contributed by atoms with Crippen LogP contribution in [0.4, 0.5) is 0 Å². The number of nitrogens with zero attached hydrogens (tertiary/aromatic N) is 3. The first-order valence-electron chi connectivity index (χ1n) is 9.96. The molecule has 6 nitrogen and oxygen atoms in total. The number of fused-ring (bicyclic) bond motifs is 1. The molecular formula is C21H30N4O2S. The van der Waals surface area contributed by atoms with Crippen LogP contribution in [0.25, 0.3) is 10.2 Å². The van der Waals surface area contributed by atoms with Crippen LogP contribution in [-0.4, -0.2) is 64.9 Å². The third-order valence-electron chi connectivity index (χ3n) is 4.71. The van der Waals surface area contributed by atoms with Gasteiger partial charge in [0, 0.05) is 44.6 Å². The van der Waals surface area contributed by atoms with Crippen LogP contribution in [0.1, 0.15) is 38.6 Å². The van der Waals surface area contributed by atoms with Crippen LogP contribution >= 0.6 is 11.3 Å². The molecule has 28 heavy (non-hydrogen) atoms. The van der Waals surface area contributed by atoms with Gasteiger partial charge in [-0.1, -0.05) is 12.1 Å². The van der Waals surface area contributed by atoms with Gasteiger partial charge in [0.05, 0.1) is 21.8 Å². The molecular weight excluding hydrogens is 372 g/mol. The molecule has 1 aromatic carbocycles. The summed E-state index contributed by atoms with van der Waals surface area (Å²) in [7, 11) is 0. The fourth-order valence-electron chi connectivity index (χ4n) is 3.44. The number of thiazole rings is 1. The highest BCUT2D eigenvalue weighted by molar-refractivity contribution is 7.18. The number of amides is 2. The standard InChI is InChI=1S/C21H30N4O2S/c1-21(2,3)23-18(26)15-24-11-6-12-25(14-13-24)20(27)10-9-19-22-16-7-4-5-8-17(16)28-19/h4-5,7-8H,6,9-15H2,1-3H3,(H,23,26). The van der Waals surface area contributed by atoms with Crippen molar-refractivity contribution < 1.29 is 9.59 Å². The normalized spacial score (nSPS) is 16.2. The van der Waals surface area contributed by atoms with E-state index in [1.165, 1.54) is 4.70 Å². The molecule has 1 aromatic heterocycles. The number of rotatable bonds is 5. The van der Waals surface area contributed by atoms with E-state index in [0.717, 1.165) is 36.6 Å². The molecule has 2 aromatic rings. The fourth-order valence-corrected chi connectivity index (χ4v) is 4.40.